The van der Waals surface area contributed by atoms with E-state index in [1.54, 1.807) is 13.4 Å². The molecule has 0 unspecified atom stereocenters. The SMILES string of the molecule is CCNc1ncnc(N(C)c2ccccc2C)c1OC. The molecule has 0 saturated heterocycles. The Morgan fingerprint density at radius 2 is 2.00 bits per heavy atom. The Morgan fingerprint density at radius 1 is 1.25 bits per heavy atom. The topological polar surface area (TPSA) is 50.3 Å². The van der Waals surface area contributed by atoms with Gasteiger partial charge in [-0.15, -0.1) is 0 Å². The molecule has 1 N–H and O–H groups in total. The normalized spacial score (nSPS) is 10.2. The number of hydrogen-bond donors (Lipinski definition) is 1. The standard InChI is InChI=1S/C15H20N4O/c1-5-16-14-13(20-4)15(18-10-17-14)19(3)12-9-7-6-8-11(12)2/h6-10H,5H2,1-4H3,(H,16,17,18). The maximum Gasteiger partial charge on any atom is 0.204 e. The van der Waals surface area contributed by atoms with Crippen LogP contribution in [-0.2, 0) is 0 Å². The highest BCUT2D eigenvalue weighted by molar-refractivity contribution is 5.72. The number of anilines is 3. The highest BCUT2D eigenvalue weighted by atomic mass is 16.5. The molecule has 0 saturated carbocycles. The summed E-state index contributed by atoms with van der Waals surface area (Å²) in [5, 5.41) is 3.19. The van der Waals surface area contributed by atoms with Crippen molar-refractivity contribution in [3.8, 4) is 5.75 Å². The van der Waals surface area contributed by atoms with Crippen molar-refractivity contribution in [1.82, 2.24) is 9.97 Å². The summed E-state index contributed by atoms with van der Waals surface area (Å²) in [6, 6.07) is 8.17. The third-order valence-corrected chi connectivity index (χ3v) is 3.13. The molecule has 0 aliphatic rings. The summed E-state index contributed by atoms with van der Waals surface area (Å²) in [4.78, 5) is 10.6. The highest BCUT2D eigenvalue weighted by Crippen LogP contribution is 2.35. The maximum atomic E-state index is 5.48. The van der Waals surface area contributed by atoms with Gasteiger partial charge in [-0.3, -0.25) is 0 Å². The van der Waals surface area contributed by atoms with Gasteiger partial charge in [-0.2, -0.15) is 0 Å². The largest absolute Gasteiger partial charge is 0.490 e. The van der Waals surface area contributed by atoms with Crippen molar-refractivity contribution in [3.63, 3.8) is 0 Å². The quantitative estimate of drug-likeness (QED) is 0.906. The number of hydrogen-bond acceptors (Lipinski definition) is 5. The van der Waals surface area contributed by atoms with Crippen LogP contribution in [0.2, 0.25) is 0 Å². The number of nitrogens with one attached hydrogen (secondary N) is 1. The number of benzene rings is 1. The first kappa shape index (κ1) is 14.1. The van der Waals surface area contributed by atoms with Gasteiger partial charge in [0.2, 0.25) is 5.75 Å². The molecule has 0 radical (unpaired) electrons. The van der Waals surface area contributed by atoms with Crippen molar-refractivity contribution in [2.45, 2.75) is 13.8 Å². The molecule has 2 rings (SSSR count). The Bertz CT molecular complexity index is 586. The minimum atomic E-state index is 0.653. The Morgan fingerprint density at radius 3 is 2.65 bits per heavy atom. The van der Waals surface area contributed by atoms with Crippen LogP contribution in [0.15, 0.2) is 30.6 Å². The van der Waals surface area contributed by atoms with Crippen LogP contribution >= 0.6 is 0 Å². The molecular formula is C15H20N4O. The van der Waals surface area contributed by atoms with Crippen LogP contribution in [0.1, 0.15) is 12.5 Å². The van der Waals surface area contributed by atoms with E-state index in [4.69, 9.17) is 4.74 Å². The molecule has 5 heteroatoms. The third-order valence-electron chi connectivity index (χ3n) is 3.13. The monoisotopic (exact) mass is 272 g/mol. The zero-order valence-corrected chi connectivity index (χ0v) is 12.3. The van der Waals surface area contributed by atoms with Gasteiger partial charge in [0, 0.05) is 19.3 Å². The van der Waals surface area contributed by atoms with Crippen molar-refractivity contribution in [2.24, 2.45) is 0 Å². The molecule has 0 bridgehead atoms. The lowest BCUT2D eigenvalue weighted by Crippen LogP contribution is -2.15. The van der Waals surface area contributed by atoms with Crippen molar-refractivity contribution in [1.29, 1.82) is 0 Å². The van der Waals surface area contributed by atoms with Gasteiger partial charge in [0.25, 0.3) is 0 Å². The van der Waals surface area contributed by atoms with Gasteiger partial charge >= 0.3 is 0 Å². The second-order valence-corrected chi connectivity index (χ2v) is 4.45. The van der Waals surface area contributed by atoms with Gasteiger partial charge in [0.15, 0.2) is 11.6 Å². The number of aryl methyl sites for hydroxylation is 1. The van der Waals surface area contributed by atoms with Crippen LogP contribution in [-0.4, -0.2) is 30.7 Å². The van der Waals surface area contributed by atoms with Crippen LogP contribution in [0.3, 0.4) is 0 Å². The van der Waals surface area contributed by atoms with Crippen LogP contribution in [0.4, 0.5) is 17.3 Å². The van der Waals surface area contributed by atoms with Gasteiger partial charge < -0.3 is 15.0 Å². The van der Waals surface area contributed by atoms with Gasteiger partial charge in [0.05, 0.1) is 7.11 Å². The number of aromatic nitrogens is 2. The molecular weight excluding hydrogens is 252 g/mol. The first-order chi connectivity index (χ1) is 9.69. The van der Waals surface area contributed by atoms with Gasteiger partial charge in [0.1, 0.15) is 6.33 Å². The predicted molar refractivity (Wildman–Crippen MR) is 82.0 cm³/mol. The lowest BCUT2D eigenvalue weighted by Gasteiger charge is -2.23. The smallest absolute Gasteiger partial charge is 0.204 e. The zero-order chi connectivity index (χ0) is 14.5. The number of ether oxygens (including phenoxy) is 1. The minimum Gasteiger partial charge on any atom is -0.490 e. The third kappa shape index (κ3) is 2.66. The predicted octanol–water partition coefficient (Wildman–Crippen LogP) is 2.99. The molecule has 5 nitrogen and oxygen atoms in total. The van der Waals surface area contributed by atoms with Crippen molar-refractivity contribution >= 4 is 17.3 Å². The van der Waals surface area contributed by atoms with Gasteiger partial charge in [-0.1, -0.05) is 18.2 Å². The Hall–Kier alpha value is -2.30. The molecule has 0 aliphatic carbocycles. The fraction of sp³-hybridized carbons (Fsp3) is 0.333. The molecule has 1 aromatic carbocycles. The maximum absolute atomic E-state index is 5.48. The minimum absolute atomic E-state index is 0.653. The summed E-state index contributed by atoms with van der Waals surface area (Å²) in [5.41, 5.74) is 2.27. The molecule has 20 heavy (non-hydrogen) atoms. The van der Waals surface area contributed by atoms with Crippen molar-refractivity contribution in [2.75, 3.05) is 30.9 Å². The second-order valence-electron chi connectivity index (χ2n) is 4.45. The number of para-hydroxylation sites is 1. The van der Waals surface area contributed by atoms with Gasteiger partial charge in [-0.25, -0.2) is 9.97 Å². The number of methoxy groups -OCH3 is 1. The summed E-state index contributed by atoms with van der Waals surface area (Å²) in [7, 11) is 3.61. The Kier molecular flexibility index (Phi) is 4.40. The van der Waals surface area contributed by atoms with E-state index in [0.717, 1.165) is 18.1 Å². The van der Waals surface area contributed by atoms with E-state index in [1.165, 1.54) is 5.56 Å². The average Bonchev–Trinajstić information content (AvgIpc) is 2.47. The van der Waals surface area contributed by atoms with E-state index < -0.39 is 0 Å². The Labute approximate surface area is 119 Å². The van der Waals surface area contributed by atoms with Crippen LogP contribution in [0.5, 0.6) is 5.75 Å². The zero-order valence-electron chi connectivity index (χ0n) is 12.3. The summed E-state index contributed by atoms with van der Waals surface area (Å²) in [5.74, 6) is 2.10. The molecule has 106 valence electrons. The van der Waals surface area contributed by atoms with Crippen LogP contribution in [0, 0.1) is 6.92 Å². The van der Waals surface area contributed by atoms with E-state index in [9.17, 15) is 0 Å². The molecule has 0 fully saturated rings. The molecule has 1 aromatic heterocycles. The van der Waals surface area contributed by atoms with Crippen LogP contribution < -0.4 is 15.0 Å². The second kappa shape index (κ2) is 6.23. The fourth-order valence-electron chi connectivity index (χ4n) is 2.14. The first-order valence-electron chi connectivity index (χ1n) is 6.61. The number of nitrogens with zero attached hydrogens (tertiary/aromatic N) is 3. The van der Waals surface area contributed by atoms with E-state index in [0.29, 0.717) is 11.6 Å². The van der Waals surface area contributed by atoms with E-state index in [-0.39, 0.29) is 0 Å². The molecule has 1 heterocycles. The van der Waals surface area contributed by atoms with Crippen molar-refractivity contribution in [3.05, 3.63) is 36.2 Å². The summed E-state index contributed by atoms with van der Waals surface area (Å²) < 4.78 is 5.48. The number of rotatable bonds is 5. The van der Waals surface area contributed by atoms with Crippen LogP contribution in [0.25, 0.3) is 0 Å². The molecule has 0 atom stereocenters. The summed E-state index contributed by atoms with van der Waals surface area (Å²) in [6.07, 6.45) is 1.55. The fourth-order valence-corrected chi connectivity index (χ4v) is 2.14. The first-order valence-corrected chi connectivity index (χ1v) is 6.61. The lowest BCUT2D eigenvalue weighted by atomic mass is 10.2. The summed E-state index contributed by atoms with van der Waals surface area (Å²) in [6.45, 7) is 4.87. The van der Waals surface area contributed by atoms with E-state index in [2.05, 4.69) is 34.3 Å². The van der Waals surface area contributed by atoms with Gasteiger partial charge in [-0.05, 0) is 25.5 Å². The van der Waals surface area contributed by atoms with E-state index in [1.807, 2.05) is 31.0 Å². The molecule has 2 aromatic rings. The van der Waals surface area contributed by atoms with Crippen molar-refractivity contribution < 1.29 is 4.74 Å². The average molecular weight is 272 g/mol. The molecule has 0 aliphatic heterocycles. The molecule has 0 amide bonds. The summed E-state index contributed by atoms with van der Waals surface area (Å²) >= 11 is 0. The van der Waals surface area contributed by atoms with E-state index >= 15 is 0 Å². The highest BCUT2D eigenvalue weighted by Gasteiger charge is 2.17. The molecule has 0 spiro atoms. The lowest BCUT2D eigenvalue weighted by molar-refractivity contribution is 0.414. The Balaban J connectivity index is 2.47.